The second kappa shape index (κ2) is 5.62. The summed E-state index contributed by atoms with van der Waals surface area (Å²) in [7, 11) is 0. The van der Waals surface area contributed by atoms with Crippen molar-refractivity contribution in [3.05, 3.63) is 0 Å². The number of carbonyl (C=O) groups is 1. The molecular formula is C9H16N2O. The monoisotopic (exact) mass is 168 g/mol. The van der Waals surface area contributed by atoms with Crippen LogP contribution in [-0.2, 0) is 4.79 Å². The first-order chi connectivity index (χ1) is 5.59. The van der Waals surface area contributed by atoms with Crippen LogP contribution in [0.2, 0.25) is 0 Å². The summed E-state index contributed by atoms with van der Waals surface area (Å²) in [6.07, 6.45) is 0. The van der Waals surface area contributed by atoms with E-state index >= 15 is 0 Å². The molecular weight excluding hydrogens is 152 g/mol. The summed E-state index contributed by atoms with van der Waals surface area (Å²) in [5.41, 5.74) is 5.54. The van der Waals surface area contributed by atoms with Gasteiger partial charge in [-0.1, -0.05) is 12.8 Å². The summed E-state index contributed by atoms with van der Waals surface area (Å²) in [5.74, 6) is 5.26. The molecule has 0 spiro atoms. The van der Waals surface area contributed by atoms with Crippen molar-refractivity contribution < 1.29 is 4.79 Å². The number of rotatable bonds is 3. The summed E-state index contributed by atoms with van der Waals surface area (Å²) in [4.78, 5) is 11.2. The summed E-state index contributed by atoms with van der Waals surface area (Å²) < 4.78 is 0. The van der Waals surface area contributed by atoms with Gasteiger partial charge in [0.05, 0.1) is 6.54 Å². The Bertz CT molecular complexity index is 200. The number of amides is 1. The quantitative estimate of drug-likeness (QED) is 0.588. The second-order valence-electron chi connectivity index (χ2n) is 2.79. The van der Waals surface area contributed by atoms with Gasteiger partial charge in [-0.2, -0.15) is 0 Å². The maximum atomic E-state index is 11.2. The van der Waals surface area contributed by atoms with E-state index < -0.39 is 0 Å². The molecule has 1 amide bonds. The van der Waals surface area contributed by atoms with Gasteiger partial charge in [0, 0.05) is 12.0 Å². The SMILES string of the molecule is CC#CCNC(=O)C(C)C(C)N. The molecule has 0 bridgehead atoms. The fourth-order valence-corrected chi connectivity index (χ4v) is 0.619. The molecule has 0 aliphatic carbocycles. The van der Waals surface area contributed by atoms with Crippen LogP contribution in [0.3, 0.4) is 0 Å². The summed E-state index contributed by atoms with van der Waals surface area (Å²) in [5, 5.41) is 2.67. The van der Waals surface area contributed by atoms with Crippen LogP contribution in [0.1, 0.15) is 20.8 Å². The van der Waals surface area contributed by atoms with Crippen LogP contribution in [-0.4, -0.2) is 18.5 Å². The van der Waals surface area contributed by atoms with Crippen molar-refractivity contribution in [3.8, 4) is 11.8 Å². The van der Waals surface area contributed by atoms with E-state index in [4.69, 9.17) is 5.73 Å². The Hall–Kier alpha value is -1.01. The lowest BCUT2D eigenvalue weighted by molar-refractivity contribution is -0.124. The molecule has 0 aromatic carbocycles. The molecule has 0 fully saturated rings. The number of carbonyl (C=O) groups excluding carboxylic acids is 1. The first kappa shape index (κ1) is 11.0. The van der Waals surface area contributed by atoms with Crippen molar-refractivity contribution in [1.29, 1.82) is 0 Å². The molecule has 0 aliphatic rings. The largest absolute Gasteiger partial charge is 0.345 e. The zero-order valence-corrected chi connectivity index (χ0v) is 7.85. The van der Waals surface area contributed by atoms with Gasteiger partial charge in [0.1, 0.15) is 0 Å². The number of hydrogen-bond acceptors (Lipinski definition) is 2. The molecule has 68 valence electrons. The van der Waals surface area contributed by atoms with Crippen LogP contribution in [0.5, 0.6) is 0 Å². The second-order valence-corrected chi connectivity index (χ2v) is 2.79. The predicted molar refractivity (Wildman–Crippen MR) is 49.3 cm³/mol. The van der Waals surface area contributed by atoms with E-state index in [9.17, 15) is 4.79 Å². The van der Waals surface area contributed by atoms with Gasteiger partial charge in [0.25, 0.3) is 0 Å². The minimum atomic E-state index is -0.149. The Balaban J connectivity index is 3.77. The highest BCUT2D eigenvalue weighted by atomic mass is 16.1. The highest BCUT2D eigenvalue weighted by molar-refractivity contribution is 5.79. The lowest BCUT2D eigenvalue weighted by Crippen LogP contribution is -2.38. The number of hydrogen-bond donors (Lipinski definition) is 2. The Kier molecular flexibility index (Phi) is 5.14. The van der Waals surface area contributed by atoms with E-state index in [1.807, 2.05) is 6.92 Å². The van der Waals surface area contributed by atoms with Gasteiger partial charge in [-0.15, -0.1) is 5.92 Å². The van der Waals surface area contributed by atoms with Gasteiger partial charge < -0.3 is 11.1 Å². The molecule has 12 heavy (non-hydrogen) atoms. The molecule has 0 heterocycles. The fraction of sp³-hybridized carbons (Fsp3) is 0.667. The van der Waals surface area contributed by atoms with E-state index in [0.717, 1.165) is 0 Å². The smallest absolute Gasteiger partial charge is 0.225 e. The molecule has 0 aromatic heterocycles. The van der Waals surface area contributed by atoms with Crippen LogP contribution in [0.25, 0.3) is 0 Å². The van der Waals surface area contributed by atoms with Crippen molar-refractivity contribution in [2.75, 3.05) is 6.54 Å². The third-order valence-electron chi connectivity index (χ3n) is 1.73. The maximum Gasteiger partial charge on any atom is 0.225 e. The van der Waals surface area contributed by atoms with Crippen molar-refractivity contribution in [2.24, 2.45) is 11.7 Å². The predicted octanol–water partition coefficient (Wildman–Crippen LogP) is 0.109. The van der Waals surface area contributed by atoms with E-state index in [1.165, 1.54) is 0 Å². The van der Waals surface area contributed by atoms with E-state index in [1.54, 1.807) is 13.8 Å². The van der Waals surface area contributed by atoms with Crippen LogP contribution < -0.4 is 11.1 Å². The number of nitrogens with two attached hydrogens (primary N) is 1. The van der Waals surface area contributed by atoms with Crippen molar-refractivity contribution in [2.45, 2.75) is 26.8 Å². The molecule has 0 rings (SSSR count). The molecule has 3 nitrogen and oxygen atoms in total. The Morgan fingerprint density at radius 2 is 2.17 bits per heavy atom. The third kappa shape index (κ3) is 3.99. The van der Waals surface area contributed by atoms with Crippen LogP contribution in [0.4, 0.5) is 0 Å². The van der Waals surface area contributed by atoms with E-state index in [2.05, 4.69) is 17.2 Å². The van der Waals surface area contributed by atoms with Gasteiger partial charge in [-0.3, -0.25) is 4.79 Å². The molecule has 0 saturated heterocycles. The molecule has 2 unspecified atom stereocenters. The van der Waals surface area contributed by atoms with Gasteiger partial charge in [0.15, 0.2) is 0 Å². The van der Waals surface area contributed by atoms with Crippen molar-refractivity contribution in [1.82, 2.24) is 5.32 Å². The maximum absolute atomic E-state index is 11.2. The van der Waals surface area contributed by atoms with Crippen molar-refractivity contribution in [3.63, 3.8) is 0 Å². The number of nitrogens with one attached hydrogen (secondary N) is 1. The van der Waals surface area contributed by atoms with Crippen molar-refractivity contribution >= 4 is 5.91 Å². The topological polar surface area (TPSA) is 55.1 Å². The molecule has 0 saturated carbocycles. The Morgan fingerprint density at radius 3 is 2.58 bits per heavy atom. The first-order valence-corrected chi connectivity index (χ1v) is 4.02. The lowest BCUT2D eigenvalue weighted by Gasteiger charge is -2.13. The minimum absolute atomic E-state index is 0.0345. The molecule has 0 aliphatic heterocycles. The Labute approximate surface area is 73.7 Å². The summed E-state index contributed by atoms with van der Waals surface area (Å²) >= 11 is 0. The van der Waals surface area contributed by atoms with Gasteiger partial charge in [-0.25, -0.2) is 0 Å². The van der Waals surface area contributed by atoms with Gasteiger partial charge in [0.2, 0.25) is 5.91 Å². The fourth-order valence-electron chi connectivity index (χ4n) is 0.619. The van der Waals surface area contributed by atoms with Gasteiger partial charge in [-0.05, 0) is 13.8 Å². The van der Waals surface area contributed by atoms with Crippen LogP contribution in [0.15, 0.2) is 0 Å². The molecule has 0 aromatic rings. The molecule has 0 radical (unpaired) electrons. The third-order valence-corrected chi connectivity index (χ3v) is 1.73. The molecule has 3 heteroatoms. The average molecular weight is 168 g/mol. The highest BCUT2D eigenvalue weighted by Crippen LogP contribution is 1.98. The molecule has 3 N–H and O–H groups in total. The Morgan fingerprint density at radius 1 is 1.58 bits per heavy atom. The first-order valence-electron chi connectivity index (χ1n) is 4.02. The summed E-state index contributed by atoms with van der Waals surface area (Å²) in [6, 6.07) is -0.111. The standard InChI is InChI=1S/C9H16N2O/c1-4-5-6-11-9(12)7(2)8(3)10/h7-8H,6,10H2,1-3H3,(H,11,12). The highest BCUT2D eigenvalue weighted by Gasteiger charge is 2.15. The van der Waals surface area contributed by atoms with E-state index in [-0.39, 0.29) is 17.9 Å². The van der Waals surface area contributed by atoms with E-state index in [0.29, 0.717) is 6.54 Å². The normalized spacial score (nSPS) is 14.0. The van der Waals surface area contributed by atoms with Crippen LogP contribution >= 0.6 is 0 Å². The average Bonchev–Trinajstić information content (AvgIpc) is 2.03. The lowest BCUT2D eigenvalue weighted by atomic mass is 10.0. The van der Waals surface area contributed by atoms with Gasteiger partial charge >= 0.3 is 0 Å². The zero-order valence-electron chi connectivity index (χ0n) is 7.85. The minimum Gasteiger partial charge on any atom is -0.345 e. The van der Waals surface area contributed by atoms with Crippen LogP contribution in [0, 0.1) is 17.8 Å². The molecule has 2 atom stereocenters. The zero-order chi connectivity index (χ0) is 9.56. The summed E-state index contributed by atoms with van der Waals surface area (Å²) in [6.45, 7) is 5.77.